The van der Waals surface area contributed by atoms with Crippen LogP contribution in [0.2, 0.25) is 0 Å². The van der Waals surface area contributed by atoms with Crippen LogP contribution in [0.5, 0.6) is 0 Å². The van der Waals surface area contributed by atoms with Gasteiger partial charge in [-0.2, -0.15) is 0 Å². The van der Waals surface area contributed by atoms with Crippen molar-refractivity contribution in [3.05, 3.63) is 18.3 Å². The maximum Gasteiger partial charge on any atom is 0.128 e. The molecule has 18 heavy (non-hydrogen) atoms. The zero-order valence-electron chi connectivity index (χ0n) is 11.8. The normalized spacial score (nSPS) is 18.1. The summed E-state index contributed by atoms with van der Waals surface area (Å²) in [6.45, 7) is 11.1. The number of thioether (sulfide) groups is 1. The molecule has 1 aliphatic heterocycles. The molecule has 100 valence electrons. The third kappa shape index (κ3) is 3.89. The molecule has 0 saturated carbocycles. The van der Waals surface area contributed by atoms with E-state index in [0.29, 0.717) is 0 Å². The van der Waals surface area contributed by atoms with Crippen LogP contribution in [-0.2, 0) is 0 Å². The lowest BCUT2D eigenvalue weighted by molar-refractivity contribution is 0.312. The van der Waals surface area contributed by atoms with E-state index in [1.165, 1.54) is 4.90 Å². The van der Waals surface area contributed by atoms with Crippen molar-refractivity contribution in [2.75, 3.05) is 38.1 Å². The smallest absolute Gasteiger partial charge is 0.128 e. The van der Waals surface area contributed by atoms with Gasteiger partial charge >= 0.3 is 0 Å². The number of pyridine rings is 1. The van der Waals surface area contributed by atoms with Crippen LogP contribution < -0.4 is 4.90 Å². The molecule has 2 heterocycles. The summed E-state index contributed by atoms with van der Waals surface area (Å²) >= 11 is 1.87. The molecule has 0 amide bonds. The highest BCUT2D eigenvalue weighted by molar-refractivity contribution is 8.00. The maximum absolute atomic E-state index is 4.60. The van der Waals surface area contributed by atoms with Crippen molar-refractivity contribution in [3.8, 4) is 0 Å². The van der Waals surface area contributed by atoms with Gasteiger partial charge in [-0.25, -0.2) is 4.98 Å². The molecular weight excluding hydrogens is 242 g/mol. The Morgan fingerprint density at radius 3 is 2.28 bits per heavy atom. The molecule has 1 aliphatic rings. The highest BCUT2D eigenvalue weighted by Crippen LogP contribution is 2.31. The number of rotatable bonds is 2. The van der Waals surface area contributed by atoms with E-state index in [9.17, 15) is 0 Å². The molecule has 0 radical (unpaired) electrons. The van der Waals surface area contributed by atoms with Gasteiger partial charge in [0.25, 0.3) is 0 Å². The molecule has 0 spiro atoms. The first-order valence-corrected chi connectivity index (χ1v) is 7.34. The molecule has 0 unspecified atom stereocenters. The van der Waals surface area contributed by atoms with Crippen LogP contribution in [0.3, 0.4) is 0 Å². The van der Waals surface area contributed by atoms with Crippen molar-refractivity contribution >= 4 is 17.6 Å². The van der Waals surface area contributed by atoms with Gasteiger partial charge in [0.2, 0.25) is 0 Å². The fourth-order valence-corrected chi connectivity index (χ4v) is 2.96. The number of hydrogen-bond donors (Lipinski definition) is 0. The van der Waals surface area contributed by atoms with Crippen molar-refractivity contribution < 1.29 is 0 Å². The molecular formula is C14H23N3S. The van der Waals surface area contributed by atoms with Crippen molar-refractivity contribution in [1.82, 2.24) is 9.88 Å². The molecule has 1 aromatic heterocycles. The highest BCUT2D eigenvalue weighted by atomic mass is 32.2. The van der Waals surface area contributed by atoms with Gasteiger partial charge in [-0.05, 0) is 19.2 Å². The Hall–Kier alpha value is -0.740. The van der Waals surface area contributed by atoms with E-state index in [1.807, 2.05) is 18.0 Å². The van der Waals surface area contributed by atoms with Gasteiger partial charge in [-0.3, -0.25) is 0 Å². The fourth-order valence-electron chi connectivity index (χ4n) is 2.01. The minimum atomic E-state index is 0.247. The fraction of sp³-hybridized carbons (Fsp3) is 0.643. The summed E-state index contributed by atoms with van der Waals surface area (Å²) in [5, 5.41) is 0. The van der Waals surface area contributed by atoms with E-state index in [4.69, 9.17) is 0 Å². The average molecular weight is 265 g/mol. The molecule has 0 N–H and O–H groups in total. The minimum Gasteiger partial charge on any atom is -0.354 e. The second kappa shape index (κ2) is 5.49. The SMILES string of the molecule is CN1CCN(c2ccc(SC(C)(C)C)cn2)CC1. The molecule has 0 aliphatic carbocycles. The summed E-state index contributed by atoms with van der Waals surface area (Å²) in [4.78, 5) is 10.6. The van der Waals surface area contributed by atoms with Crippen LogP contribution >= 0.6 is 11.8 Å². The average Bonchev–Trinajstić information content (AvgIpc) is 2.29. The van der Waals surface area contributed by atoms with Gasteiger partial charge in [0.05, 0.1) is 0 Å². The van der Waals surface area contributed by atoms with E-state index in [0.717, 1.165) is 32.0 Å². The predicted octanol–water partition coefficient (Wildman–Crippen LogP) is 2.72. The lowest BCUT2D eigenvalue weighted by atomic mass is 10.3. The van der Waals surface area contributed by atoms with E-state index in [1.54, 1.807) is 0 Å². The monoisotopic (exact) mass is 265 g/mol. The minimum absolute atomic E-state index is 0.247. The number of likely N-dealkylation sites (N-methyl/N-ethyl adjacent to an activating group) is 1. The van der Waals surface area contributed by atoms with Gasteiger partial charge in [0.1, 0.15) is 5.82 Å². The Balaban J connectivity index is 1.99. The predicted molar refractivity (Wildman–Crippen MR) is 79.6 cm³/mol. The van der Waals surface area contributed by atoms with Crippen molar-refractivity contribution in [2.45, 2.75) is 30.4 Å². The number of anilines is 1. The Morgan fingerprint density at radius 2 is 1.78 bits per heavy atom. The van der Waals surface area contributed by atoms with E-state index in [2.05, 4.69) is 54.7 Å². The molecule has 0 aromatic carbocycles. The zero-order valence-corrected chi connectivity index (χ0v) is 12.6. The lowest BCUT2D eigenvalue weighted by Gasteiger charge is -2.33. The first kappa shape index (κ1) is 13.7. The van der Waals surface area contributed by atoms with Crippen molar-refractivity contribution in [1.29, 1.82) is 0 Å². The van der Waals surface area contributed by atoms with Gasteiger partial charge in [0.15, 0.2) is 0 Å². The summed E-state index contributed by atoms with van der Waals surface area (Å²) in [7, 11) is 2.17. The standard InChI is InChI=1S/C14H23N3S/c1-14(2,3)18-12-5-6-13(15-11-12)17-9-7-16(4)8-10-17/h5-6,11H,7-10H2,1-4H3. The Bertz CT molecular complexity index is 375. The van der Waals surface area contributed by atoms with Crippen LogP contribution in [0, 0.1) is 0 Å². The summed E-state index contributed by atoms with van der Waals surface area (Å²) in [6, 6.07) is 4.34. The molecule has 1 aromatic rings. The highest BCUT2D eigenvalue weighted by Gasteiger charge is 2.16. The molecule has 0 bridgehead atoms. The first-order valence-electron chi connectivity index (χ1n) is 6.53. The molecule has 0 atom stereocenters. The number of piperazine rings is 1. The van der Waals surface area contributed by atoms with Crippen LogP contribution in [0.15, 0.2) is 23.2 Å². The molecule has 1 fully saturated rings. The largest absolute Gasteiger partial charge is 0.354 e. The van der Waals surface area contributed by atoms with Crippen LogP contribution in [0.4, 0.5) is 5.82 Å². The Labute approximate surface area is 115 Å². The van der Waals surface area contributed by atoms with Crippen molar-refractivity contribution in [2.24, 2.45) is 0 Å². The summed E-state index contributed by atoms with van der Waals surface area (Å²) < 4.78 is 0.247. The maximum atomic E-state index is 4.60. The van der Waals surface area contributed by atoms with E-state index >= 15 is 0 Å². The summed E-state index contributed by atoms with van der Waals surface area (Å²) in [5.41, 5.74) is 0. The van der Waals surface area contributed by atoms with Crippen LogP contribution in [0.25, 0.3) is 0 Å². The number of aromatic nitrogens is 1. The number of nitrogens with zero attached hydrogens (tertiary/aromatic N) is 3. The molecule has 3 nitrogen and oxygen atoms in total. The number of hydrogen-bond acceptors (Lipinski definition) is 4. The molecule has 1 saturated heterocycles. The third-order valence-electron chi connectivity index (χ3n) is 2.97. The topological polar surface area (TPSA) is 19.4 Å². The molecule has 4 heteroatoms. The zero-order chi connectivity index (χ0) is 13.2. The van der Waals surface area contributed by atoms with Crippen LogP contribution in [-0.4, -0.2) is 47.9 Å². The van der Waals surface area contributed by atoms with Gasteiger partial charge in [0, 0.05) is 42.0 Å². The van der Waals surface area contributed by atoms with E-state index in [-0.39, 0.29) is 4.75 Å². The van der Waals surface area contributed by atoms with E-state index < -0.39 is 0 Å². The van der Waals surface area contributed by atoms with Crippen LogP contribution in [0.1, 0.15) is 20.8 Å². The second-order valence-electron chi connectivity index (χ2n) is 5.86. The quantitative estimate of drug-likeness (QED) is 0.766. The summed E-state index contributed by atoms with van der Waals surface area (Å²) in [5.74, 6) is 1.11. The van der Waals surface area contributed by atoms with Gasteiger partial charge in [-0.1, -0.05) is 20.8 Å². The van der Waals surface area contributed by atoms with Crippen molar-refractivity contribution in [3.63, 3.8) is 0 Å². The Morgan fingerprint density at radius 1 is 1.11 bits per heavy atom. The first-order chi connectivity index (χ1) is 8.44. The van der Waals surface area contributed by atoms with Gasteiger partial charge < -0.3 is 9.80 Å². The summed E-state index contributed by atoms with van der Waals surface area (Å²) in [6.07, 6.45) is 2.00. The lowest BCUT2D eigenvalue weighted by Crippen LogP contribution is -2.44. The molecule has 2 rings (SSSR count). The van der Waals surface area contributed by atoms with Gasteiger partial charge in [-0.15, -0.1) is 11.8 Å². The third-order valence-corrected chi connectivity index (χ3v) is 4.06. The Kier molecular flexibility index (Phi) is 4.17. The second-order valence-corrected chi connectivity index (χ2v) is 7.76.